The first kappa shape index (κ1) is 12.4. The van der Waals surface area contributed by atoms with E-state index in [1.165, 1.54) is 6.26 Å². The predicted octanol–water partition coefficient (Wildman–Crippen LogP) is 0.153. The molecule has 0 aliphatic carbocycles. The Morgan fingerprint density at radius 2 is 2.21 bits per heavy atom. The summed E-state index contributed by atoms with van der Waals surface area (Å²) in [6.07, 6.45) is 1.64. The van der Waals surface area contributed by atoms with Crippen molar-refractivity contribution in [3.05, 3.63) is 25.5 Å². The van der Waals surface area contributed by atoms with Crippen molar-refractivity contribution >= 4 is 11.9 Å². The van der Waals surface area contributed by atoms with Crippen molar-refractivity contribution in [2.45, 2.75) is 12.5 Å². The monoisotopic (exact) mass is 200 g/mol. The number of ether oxygens (including phenoxy) is 2. The summed E-state index contributed by atoms with van der Waals surface area (Å²) in [6, 6.07) is 0. The Labute approximate surface area is 81.6 Å². The van der Waals surface area contributed by atoms with E-state index in [-0.39, 0.29) is 6.42 Å². The lowest BCUT2D eigenvalue weighted by atomic mass is 10.3. The summed E-state index contributed by atoms with van der Waals surface area (Å²) in [5.74, 6) is -1.49. The fourth-order valence-corrected chi connectivity index (χ4v) is 0.599. The van der Waals surface area contributed by atoms with Gasteiger partial charge in [-0.1, -0.05) is 19.2 Å². The highest BCUT2D eigenvalue weighted by atomic mass is 16.6. The topological polar surface area (TPSA) is 72.8 Å². The predicted molar refractivity (Wildman–Crippen MR) is 48.1 cm³/mol. The zero-order chi connectivity index (χ0) is 11.0. The number of rotatable bonds is 3. The molecule has 0 aromatic carbocycles. The van der Waals surface area contributed by atoms with Crippen LogP contribution in [0.25, 0.3) is 0 Å². The minimum atomic E-state index is -1.22. The Morgan fingerprint density at radius 3 is 2.36 bits per heavy atom. The van der Waals surface area contributed by atoms with Gasteiger partial charge in [0.15, 0.2) is 6.10 Å². The van der Waals surface area contributed by atoms with Gasteiger partial charge in [-0.15, -0.1) is 0 Å². The summed E-state index contributed by atoms with van der Waals surface area (Å²) in [7, 11) is 0. The largest absolute Gasteiger partial charge is 0.498 e. The molecular weight excluding hydrogens is 188 g/mol. The van der Waals surface area contributed by atoms with Gasteiger partial charge in [0.05, 0.1) is 12.7 Å². The van der Waals surface area contributed by atoms with Crippen LogP contribution in [-0.2, 0) is 19.1 Å². The standard InChI is InChI=1S/C5H8O.C4H4O4/c1-3-5-6-4-2;5-2-1-3(6)8-4(2)7/h3-4H,1-2,5H2;2,5H,1H2. The normalized spacial score (nSPS) is 19.1. The highest BCUT2D eigenvalue weighted by Gasteiger charge is 2.30. The van der Waals surface area contributed by atoms with Gasteiger partial charge in [-0.3, -0.25) is 4.79 Å². The molecule has 1 unspecified atom stereocenters. The van der Waals surface area contributed by atoms with Crippen LogP contribution < -0.4 is 0 Å². The first-order valence-corrected chi connectivity index (χ1v) is 3.87. The second-order valence-electron chi connectivity index (χ2n) is 2.30. The summed E-state index contributed by atoms with van der Waals surface area (Å²) in [4.78, 5) is 20.2. The molecular formula is C9H12O5. The van der Waals surface area contributed by atoms with E-state index in [0.29, 0.717) is 6.61 Å². The molecule has 1 heterocycles. The van der Waals surface area contributed by atoms with Gasteiger partial charge in [0.2, 0.25) is 0 Å². The second kappa shape index (κ2) is 6.85. The summed E-state index contributed by atoms with van der Waals surface area (Å²) < 4.78 is 8.57. The van der Waals surface area contributed by atoms with E-state index in [1.54, 1.807) is 6.08 Å². The van der Waals surface area contributed by atoms with Crippen LogP contribution in [0.15, 0.2) is 25.5 Å². The summed E-state index contributed by atoms with van der Waals surface area (Å²) in [5.41, 5.74) is 0. The van der Waals surface area contributed by atoms with E-state index in [1.807, 2.05) is 0 Å². The second-order valence-corrected chi connectivity index (χ2v) is 2.30. The van der Waals surface area contributed by atoms with Crippen LogP contribution in [0.3, 0.4) is 0 Å². The number of esters is 2. The molecule has 1 atom stereocenters. The van der Waals surface area contributed by atoms with Gasteiger partial charge in [0.1, 0.15) is 6.61 Å². The number of aliphatic hydroxyl groups is 1. The molecule has 0 aromatic heterocycles. The van der Waals surface area contributed by atoms with E-state index in [4.69, 9.17) is 5.11 Å². The van der Waals surface area contributed by atoms with Crippen molar-refractivity contribution in [2.24, 2.45) is 0 Å². The van der Waals surface area contributed by atoms with Crippen molar-refractivity contribution in [3.63, 3.8) is 0 Å². The molecule has 0 spiro atoms. The Morgan fingerprint density at radius 1 is 1.57 bits per heavy atom. The zero-order valence-corrected chi connectivity index (χ0v) is 7.64. The van der Waals surface area contributed by atoms with Crippen LogP contribution in [0.1, 0.15) is 6.42 Å². The van der Waals surface area contributed by atoms with E-state index >= 15 is 0 Å². The minimum Gasteiger partial charge on any atom is -0.498 e. The highest BCUT2D eigenvalue weighted by molar-refractivity contribution is 5.95. The molecule has 1 saturated heterocycles. The lowest BCUT2D eigenvalue weighted by Gasteiger charge is -1.86. The molecule has 0 saturated carbocycles. The van der Waals surface area contributed by atoms with Gasteiger partial charge < -0.3 is 14.6 Å². The maximum Gasteiger partial charge on any atom is 0.343 e. The number of carbonyl (C=O) groups excluding carboxylic acids is 2. The fraction of sp³-hybridized carbons (Fsp3) is 0.333. The molecule has 78 valence electrons. The number of carbonyl (C=O) groups is 2. The van der Waals surface area contributed by atoms with Crippen LogP contribution >= 0.6 is 0 Å². The maximum absolute atomic E-state index is 10.1. The first-order chi connectivity index (χ1) is 6.61. The highest BCUT2D eigenvalue weighted by Crippen LogP contribution is 2.05. The third-order valence-corrected chi connectivity index (χ3v) is 1.18. The van der Waals surface area contributed by atoms with Crippen molar-refractivity contribution in [2.75, 3.05) is 6.61 Å². The summed E-state index contributed by atoms with van der Waals surface area (Å²) in [5, 5.41) is 8.47. The molecule has 1 N–H and O–H groups in total. The average Bonchev–Trinajstić information content (AvgIpc) is 2.42. The molecule has 1 aliphatic rings. The van der Waals surface area contributed by atoms with Crippen molar-refractivity contribution in [1.82, 2.24) is 0 Å². The van der Waals surface area contributed by atoms with Crippen LogP contribution in [-0.4, -0.2) is 29.8 Å². The minimum absolute atomic E-state index is 0.196. The summed E-state index contributed by atoms with van der Waals surface area (Å²) in [6.45, 7) is 7.31. The number of cyclic esters (lactones) is 2. The van der Waals surface area contributed by atoms with Crippen LogP contribution in [0.5, 0.6) is 0 Å². The molecule has 14 heavy (non-hydrogen) atoms. The van der Waals surface area contributed by atoms with Crippen molar-refractivity contribution in [1.29, 1.82) is 0 Å². The number of hydrogen-bond acceptors (Lipinski definition) is 5. The molecule has 1 rings (SSSR count). The first-order valence-electron chi connectivity index (χ1n) is 3.87. The third kappa shape index (κ3) is 5.10. The molecule has 0 aromatic rings. The third-order valence-electron chi connectivity index (χ3n) is 1.18. The van der Waals surface area contributed by atoms with Crippen LogP contribution in [0.4, 0.5) is 0 Å². The van der Waals surface area contributed by atoms with Crippen LogP contribution in [0.2, 0.25) is 0 Å². The van der Waals surface area contributed by atoms with Crippen molar-refractivity contribution < 1.29 is 24.2 Å². The van der Waals surface area contributed by atoms with E-state index in [0.717, 1.165) is 0 Å². The number of hydrogen-bond donors (Lipinski definition) is 1. The molecule has 5 nitrogen and oxygen atoms in total. The molecule has 0 radical (unpaired) electrons. The quantitative estimate of drug-likeness (QED) is 0.231. The Balaban J connectivity index is 0.000000255. The van der Waals surface area contributed by atoms with Crippen LogP contribution in [0, 0.1) is 0 Å². The average molecular weight is 200 g/mol. The zero-order valence-electron chi connectivity index (χ0n) is 7.64. The van der Waals surface area contributed by atoms with Gasteiger partial charge in [0.25, 0.3) is 0 Å². The Hall–Kier alpha value is -1.62. The Bertz CT molecular complexity index is 225. The molecule has 0 bridgehead atoms. The maximum atomic E-state index is 10.1. The van der Waals surface area contributed by atoms with Gasteiger partial charge in [0, 0.05) is 0 Å². The fourth-order valence-electron chi connectivity index (χ4n) is 0.599. The van der Waals surface area contributed by atoms with Gasteiger partial charge in [-0.05, 0) is 0 Å². The Kier molecular flexibility index (Phi) is 6.06. The van der Waals surface area contributed by atoms with Gasteiger partial charge in [-0.2, -0.15) is 0 Å². The van der Waals surface area contributed by atoms with Gasteiger partial charge >= 0.3 is 11.9 Å². The molecule has 1 fully saturated rings. The lowest BCUT2D eigenvalue weighted by molar-refractivity contribution is -0.154. The van der Waals surface area contributed by atoms with Crippen molar-refractivity contribution in [3.8, 4) is 0 Å². The van der Waals surface area contributed by atoms with Gasteiger partial charge in [-0.25, -0.2) is 4.79 Å². The van der Waals surface area contributed by atoms with E-state index < -0.39 is 18.0 Å². The van der Waals surface area contributed by atoms with E-state index in [9.17, 15) is 9.59 Å². The lowest BCUT2D eigenvalue weighted by Crippen LogP contribution is -2.11. The smallest absolute Gasteiger partial charge is 0.343 e. The molecule has 5 heteroatoms. The van der Waals surface area contributed by atoms with E-state index in [2.05, 4.69) is 22.6 Å². The SMILES string of the molecule is C=CCOC=C.O=C1CC(O)C(=O)O1. The summed E-state index contributed by atoms with van der Waals surface area (Å²) >= 11 is 0. The number of aliphatic hydroxyl groups excluding tert-OH is 1. The molecule has 0 amide bonds. The molecule has 1 aliphatic heterocycles.